The Hall–Kier alpha value is -2.29. The highest BCUT2D eigenvalue weighted by Gasteiger charge is 2.13. The molecule has 0 aliphatic rings. The van der Waals surface area contributed by atoms with E-state index in [0.717, 1.165) is 12.1 Å². The van der Waals surface area contributed by atoms with Gasteiger partial charge >= 0.3 is 5.69 Å². The highest BCUT2D eigenvalue weighted by molar-refractivity contribution is 5.49. The number of nitro benzene ring substituents is 1. The van der Waals surface area contributed by atoms with Gasteiger partial charge in [-0.2, -0.15) is 5.26 Å². The molecule has 72 valence electrons. The number of ether oxygens (including phenoxy) is 1. The molecule has 1 aromatic carbocycles. The van der Waals surface area contributed by atoms with E-state index in [1.807, 2.05) is 0 Å². The van der Waals surface area contributed by atoms with Crippen molar-refractivity contribution in [2.45, 2.75) is 0 Å². The van der Waals surface area contributed by atoms with Gasteiger partial charge in [0.2, 0.25) is 0 Å². The molecule has 0 saturated carbocycles. The van der Waals surface area contributed by atoms with Gasteiger partial charge in [-0.15, -0.1) is 0 Å². The van der Waals surface area contributed by atoms with Crippen molar-refractivity contribution >= 4 is 5.69 Å². The van der Waals surface area contributed by atoms with Crippen LogP contribution < -0.4 is 4.74 Å². The van der Waals surface area contributed by atoms with Crippen molar-refractivity contribution in [1.29, 1.82) is 5.26 Å². The van der Waals surface area contributed by atoms with Crippen LogP contribution in [0.2, 0.25) is 0 Å². The molecule has 0 aliphatic carbocycles. The molecule has 14 heavy (non-hydrogen) atoms. The van der Waals surface area contributed by atoms with Crippen molar-refractivity contribution < 1.29 is 14.8 Å². The molecule has 0 unspecified atom stereocenters. The van der Waals surface area contributed by atoms with Crippen molar-refractivity contribution in [3.05, 3.63) is 28.3 Å². The average molecular weight is 194 g/mol. The minimum Gasteiger partial charge on any atom is -0.502 e. The second-order valence-corrected chi connectivity index (χ2v) is 2.35. The van der Waals surface area contributed by atoms with E-state index < -0.39 is 16.4 Å². The van der Waals surface area contributed by atoms with Crippen molar-refractivity contribution in [3.63, 3.8) is 0 Å². The molecule has 6 heteroatoms. The summed E-state index contributed by atoms with van der Waals surface area (Å²) in [7, 11) is 0. The Kier molecular flexibility index (Phi) is 2.86. The lowest BCUT2D eigenvalue weighted by Gasteiger charge is -2.01. The summed E-state index contributed by atoms with van der Waals surface area (Å²) in [5.41, 5.74) is -0.444. The van der Waals surface area contributed by atoms with Gasteiger partial charge in [0.15, 0.2) is 12.4 Å². The van der Waals surface area contributed by atoms with Crippen LogP contribution in [0.25, 0.3) is 0 Å². The first kappa shape index (κ1) is 9.80. The van der Waals surface area contributed by atoms with Gasteiger partial charge < -0.3 is 9.84 Å². The number of phenolic OH excluding ortho intramolecular Hbond substituents is 1. The maximum atomic E-state index is 10.4. The summed E-state index contributed by atoms with van der Waals surface area (Å²) in [5, 5.41) is 27.6. The zero-order valence-corrected chi connectivity index (χ0v) is 7.01. The second kappa shape index (κ2) is 4.09. The zero-order valence-electron chi connectivity index (χ0n) is 7.01. The smallest absolute Gasteiger partial charge is 0.314 e. The minimum absolute atomic E-state index is 0.177. The topological polar surface area (TPSA) is 96.4 Å². The summed E-state index contributed by atoms with van der Waals surface area (Å²) in [6.45, 7) is -0.193. The third-order valence-corrected chi connectivity index (χ3v) is 1.45. The third kappa shape index (κ3) is 2.10. The van der Waals surface area contributed by atoms with Gasteiger partial charge in [0.05, 0.1) is 11.0 Å². The van der Waals surface area contributed by atoms with E-state index in [0.29, 0.717) is 0 Å². The maximum absolute atomic E-state index is 10.4. The van der Waals surface area contributed by atoms with Crippen LogP contribution in [0, 0.1) is 21.4 Å². The second-order valence-electron chi connectivity index (χ2n) is 2.35. The van der Waals surface area contributed by atoms with Gasteiger partial charge in [-0.3, -0.25) is 10.1 Å². The number of aromatic hydroxyl groups is 1. The zero-order chi connectivity index (χ0) is 10.6. The monoisotopic (exact) mass is 194 g/mol. The number of hydrogen-bond acceptors (Lipinski definition) is 5. The van der Waals surface area contributed by atoms with Crippen LogP contribution >= 0.6 is 0 Å². The first-order valence-electron chi connectivity index (χ1n) is 3.62. The van der Waals surface area contributed by atoms with E-state index in [9.17, 15) is 10.1 Å². The average Bonchev–Trinajstić information content (AvgIpc) is 2.16. The van der Waals surface area contributed by atoms with Gasteiger partial charge in [0, 0.05) is 0 Å². The SMILES string of the molecule is N#CCOc1ccc(O)c([N+](=O)[O-])c1. The van der Waals surface area contributed by atoms with Gasteiger partial charge in [-0.05, 0) is 12.1 Å². The Labute approximate surface area is 79.1 Å². The molecule has 0 aromatic heterocycles. The van der Waals surface area contributed by atoms with Crippen molar-refractivity contribution in [2.75, 3.05) is 6.61 Å². The van der Waals surface area contributed by atoms with Crippen LogP contribution in [0.5, 0.6) is 11.5 Å². The molecule has 1 N–H and O–H groups in total. The van der Waals surface area contributed by atoms with Crippen LogP contribution in [0.1, 0.15) is 0 Å². The number of nitriles is 1. The summed E-state index contributed by atoms with van der Waals surface area (Å²) in [5.74, 6) is -0.254. The Morgan fingerprint density at radius 1 is 1.64 bits per heavy atom. The first-order chi connectivity index (χ1) is 6.65. The van der Waals surface area contributed by atoms with E-state index in [-0.39, 0.29) is 12.4 Å². The quantitative estimate of drug-likeness (QED) is 0.576. The summed E-state index contributed by atoms with van der Waals surface area (Å²) in [6.07, 6.45) is 0. The standard InChI is InChI=1S/C8H6N2O4/c9-3-4-14-6-1-2-8(11)7(5-6)10(12)13/h1-2,5,11H,4H2. The number of nitro groups is 1. The maximum Gasteiger partial charge on any atom is 0.314 e. The fourth-order valence-corrected chi connectivity index (χ4v) is 0.855. The summed E-state index contributed by atoms with van der Waals surface area (Å²) in [4.78, 5) is 9.65. The Bertz CT molecular complexity index is 397. The van der Waals surface area contributed by atoms with Crippen molar-refractivity contribution in [1.82, 2.24) is 0 Å². The van der Waals surface area contributed by atoms with Gasteiger partial charge in [0.1, 0.15) is 11.8 Å². The molecule has 6 nitrogen and oxygen atoms in total. The molecule has 0 saturated heterocycles. The van der Waals surface area contributed by atoms with Gasteiger partial charge in [0.25, 0.3) is 0 Å². The number of phenols is 1. The minimum atomic E-state index is -0.728. The molecule has 0 radical (unpaired) electrons. The van der Waals surface area contributed by atoms with Gasteiger partial charge in [-0.25, -0.2) is 0 Å². The number of hydrogen-bond donors (Lipinski definition) is 1. The van der Waals surface area contributed by atoms with Crippen LogP contribution in [0.15, 0.2) is 18.2 Å². The Balaban J connectivity index is 2.96. The Morgan fingerprint density at radius 2 is 2.36 bits per heavy atom. The molecule has 0 fully saturated rings. The van der Waals surface area contributed by atoms with Crippen molar-refractivity contribution in [3.8, 4) is 17.6 Å². The molecule has 0 amide bonds. The van der Waals surface area contributed by atoms with E-state index >= 15 is 0 Å². The first-order valence-corrected chi connectivity index (χ1v) is 3.62. The highest BCUT2D eigenvalue weighted by atomic mass is 16.6. The predicted molar refractivity (Wildman–Crippen MR) is 45.9 cm³/mol. The van der Waals surface area contributed by atoms with Crippen molar-refractivity contribution in [2.24, 2.45) is 0 Å². The molecule has 0 bridgehead atoms. The molecule has 1 rings (SSSR count). The number of rotatable bonds is 3. The lowest BCUT2D eigenvalue weighted by Crippen LogP contribution is -1.95. The largest absolute Gasteiger partial charge is 0.502 e. The molecule has 0 aliphatic heterocycles. The molecule has 0 spiro atoms. The van der Waals surface area contributed by atoms with Crippen LogP contribution in [-0.4, -0.2) is 16.6 Å². The number of nitrogens with zero attached hydrogens (tertiary/aromatic N) is 2. The summed E-state index contributed by atoms with van der Waals surface area (Å²) >= 11 is 0. The Morgan fingerprint density at radius 3 is 2.93 bits per heavy atom. The van der Waals surface area contributed by atoms with E-state index in [2.05, 4.69) is 0 Å². The fraction of sp³-hybridized carbons (Fsp3) is 0.125. The van der Waals surface area contributed by atoms with E-state index in [1.165, 1.54) is 6.07 Å². The lowest BCUT2D eigenvalue weighted by molar-refractivity contribution is -0.385. The van der Waals surface area contributed by atoms with E-state index in [4.69, 9.17) is 15.1 Å². The third-order valence-electron chi connectivity index (χ3n) is 1.45. The van der Waals surface area contributed by atoms with Crippen LogP contribution in [0.3, 0.4) is 0 Å². The molecule has 1 aromatic rings. The highest BCUT2D eigenvalue weighted by Crippen LogP contribution is 2.29. The fourth-order valence-electron chi connectivity index (χ4n) is 0.855. The molecular formula is C8H6N2O4. The van der Waals surface area contributed by atoms with E-state index in [1.54, 1.807) is 6.07 Å². The molecule has 0 heterocycles. The summed E-state index contributed by atoms with van der Waals surface area (Å²) < 4.78 is 4.82. The molecular weight excluding hydrogens is 188 g/mol. The molecule has 0 atom stereocenters. The van der Waals surface area contributed by atoms with Gasteiger partial charge in [-0.1, -0.05) is 0 Å². The normalized spacial score (nSPS) is 9.07. The van der Waals surface area contributed by atoms with Crippen LogP contribution in [0.4, 0.5) is 5.69 Å². The van der Waals surface area contributed by atoms with Crippen LogP contribution in [-0.2, 0) is 0 Å². The predicted octanol–water partition coefficient (Wildman–Crippen LogP) is 1.20. The summed E-state index contributed by atoms with van der Waals surface area (Å²) in [6, 6.07) is 5.28. The lowest BCUT2D eigenvalue weighted by atomic mass is 10.3. The number of benzene rings is 1.